The smallest absolute Gasteiger partial charge is 0.268 e. The summed E-state index contributed by atoms with van der Waals surface area (Å²) in [4.78, 5) is 9.40. The molecule has 0 radical (unpaired) electrons. The van der Waals surface area contributed by atoms with E-state index in [0.29, 0.717) is 11.7 Å². The topological polar surface area (TPSA) is 42.2 Å². The van der Waals surface area contributed by atoms with Crippen molar-refractivity contribution in [2.24, 2.45) is 0 Å². The first kappa shape index (κ1) is 18.5. The lowest BCUT2D eigenvalue weighted by Gasteiger charge is -2.17. The second-order valence-electron chi connectivity index (χ2n) is 6.29. The molecule has 4 nitrogen and oxygen atoms in total. The fourth-order valence-corrected chi connectivity index (χ4v) is 3.97. The number of rotatable bonds is 8. The van der Waals surface area contributed by atoms with Crippen molar-refractivity contribution in [2.45, 2.75) is 33.7 Å². The van der Waals surface area contributed by atoms with Crippen LogP contribution in [0.15, 0.2) is 47.5 Å². The Bertz CT molecular complexity index is 860. The summed E-state index contributed by atoms with van der Waals surface area (Å²) in [6, 6.07) is 10.3. The van der Waals surface area contributed by atoms with E-state index in [0.717, 1.165) is 36.5 Å². The fraction of sp³-hybridized carbons (Fsp3) is 0.333. The Morgan fingerprint density at radius 3 is 2.58 bits per heavy atom. The van der Waals surface area contributed by atoms with E-state index in [4.69, 9.17) is 4.52 Å². The number of benzene rings is 1. The van der Waals surface area contributed by atoms with E-state index in [1.54, 1.807) is 11.3 Å². The molecule has 0 aliphatic carbocycles. The SMILES string of the molecule is C=CCc1ccc(-c2noc(-c3cc(C)c(CN(CC)CC)s3)n2)cc1. The highest BCUT2D eigenvalue weighted by molar-refractivity contribution is 7.15. The van der Waals surface area contributed by atoms with Gasteiger partial charge in [0.25, 0.3) is 5.89 Å². The number of thiophene rings is 1. The molecule has 0 aliphatic heterocycles. The molecule has 3 rings (SSSR count). The highest BCUT2D eigenvalue weighted by Gasteiger charge is 2.16. The van der Waals surface area contributed by atoms with Crippen LogP contribution in [-0.2, 0) is 13.0 Å². The van der Waals surface area contributed by atoms with Gasteiger partial charge >= 0.3 is 0 Å². The van der Waals surface area contributed by atoms with E-state index < -0.39 is 0 Å². The minimum atomic E-state index is 0.592. The van der Waals surface area contributed by atoms with Gasteiger partial charge in [-0.3, -0.25) is 4.90 Å². The summed E-state index contributed by atoms with van der Waals surface area (Å²) in [7, 11) is 0. The molecule has 1 aromatic carbocycles. The number of hydrogen-bond acceptors (Lipinski definition) is 5. The quantitative estimate of drug-likeness (QED) is 0.504. The van der Waals surface area contributed by atoms with Crippen LogP contribution < -0.4 is 0 Å². The van der Waals surface area contributed by atoms with Gasteiger partial charge in [-0.2, -0.15) is 4.98 Å². The number of hydrogen-bond donors (Lipinski definition) is 0. The molecule has 136 valence electrons. The van der Waals surface area contributed by atoms with Crippen LogP contribution in [-0.4, -0.2) is 28.1 Å². The molecule has 0 N–H and O–H groups in total. The average molecular weight is 368 g/mol. The standard InChI is InChI=1S/C21H25N3OS/c1-5-8-16-9-11-17(12-10-16)20-22-21(25-23-20)18-13-15(4)19(26-18)14-24(6-2)7-3/h5,9-13H,1,6-8,14H2,2-4H3. The molecule has 0 bridgehead atoms. The first-order valence-electron chi connectivity index (χ1n) is 9.00. The Labute approximate surface area is 159 Å². The molecule has 0 spiro atoms. The molecule has 0 unspecified atom stereocenters. The molecule has 26 heavy (non-hydrogen) atoms. The van der Waals surface area contributed by atoms with Gasteiger partial charge in [0, 0.05) is 17.0 Å². The normalized spacial score (nSPS) is 11.2. The van der Waals surface area contributed by atoms with Gasteiger partial charge in [0.1, 0.15) is 0 Å². The molecule has 5 heteroatoms. The highest BCUT2D eigenvalue weighted by atomic mass is 32.1. The Morgan fingerprint density at radius 1 is 1.19 bits per heavy atom. The summed E-state index contributed by atoms with van der Waals surface area (Å²) in [6.07, 6.45) is 2.76. The Balaban J connectivity index is 1.80. The van der Waals surface area contributed by atoms with Gasteiger partial charge in [-0.15, -0.1) is 17.9 Å². The van der Waals surface area contributed by atoms with Crippen LogP contribution in [0.2, 0.25) is 0 Å². The number of aromatic nitrogens is 2. The van der Waals surface area contributed by atoms with Crippen molar-refractivity contribution in [3.63, 3.8) is 0 Å². The molecule has 0 aliphatic rings. The van der Waals surface area contributed by atoms with Crippen LogP contribution in [0.3, 0.4) is 0 Å². The van der Waals surface area contributed by atoms with Crippen LogP contribution in [0, 0.1) is 6.92 Å². The maximum Gasteiger partial charge on any atom is 0.268 e. The van der Waals surface area contributed by atoms with Gasteiger partial charge in [-0.05, 0) is 43.6 Å². The van der Waals surface area contributed by atoms with Crippen LogP contribution in [0.25, 0.3) is 22.2 Å². The van der Waals surface area contributed by atoms with E-state index in [9.17, 15) is 0 Å². The van der Waals surface area contributed by atoms with Gasteiger partial charge in [-0.25, -0.2) is 0 Å². The maximum absolute atomic E-state index is 5.53. The molecular weight excluding hydrogens is 342 g/mol. The Hall–Kier alpha value is -2.24. The third-order valence-corrected chi connectivity index (χ3v) is 5.72. The zero-order valence-corrected chi connectivity index (χ0v) is 16.5. The van der Waals surface area contributed by atoms with Gasteiger partial charge in [-0.1, -0.05) is 49.3 Å². The van der Waals surface area contributed by atoms with E-state index >= 15 is 0 Å². The maximum atomic E-state index is 5.53. The van der Waals surface area contributed by atoms with E-state index in [2.05, 4.69) is 60.6 Å². The largest absolute Gasteiger partial charge is 0.333 e. The summed E-state index contributed by atoms with van der Waals surface area (Å²) in [5.74, 6) is 1.22. The van der Waals surface area contributed by atoms with Crippen molar-refractivity contribution in [3.8, 4) is 22.2 Å². The zero-order valence-electron chi connectivity index (χ0n) is 15.7. The average Bonchev–Trinajstić information content (AvgIpc) is 3.28. The fourth-order valence-electron chi connectivity index (χ4n) is 2.83. The molecule has 2 aromatic heterocycles. The van der Waals surface area contributed by atoms with Gasteiger partial charge < -0.3 is 4.52 Å². The van der Waals surface area contributed by atoms with E-state index in [1.165, 1.54) is 16.0 Å². The summed E-state index contributed by atoms with van der Waals surface area (Å²) in [5.41, 5.74) is 3.47. The molecule has 3 aromatic rings. The molecule has 0 amide bonds. The predicted molar refractivity (Wildman–Crippen MR) is 108 cm³/mol. The highest BCUT2D eigenvalue weighted by Crippen LogP contribution is 2.32. The third-order valence-electron chi connectivity index (χ3n) is 4.51. The summed E-state index contributed by atoms with van der Waals surface area (Å²) in [6.45, 7) is 13.4. The van der Waals surface area contributed by atoms with Gasteiger partial charge in [0.2, 0.25) is 5.82 Å². The molecular formula is C21H25N3OS. The van der Waals surface area contributed by atoms with Crippen molar-refractivity contribution >= 4 is 11.3 Å². The monoisotopic (exact) mass is 367 g/mol. The zero-order chi connectivity index (χ0) is 18.5. The van der Waals surface area contributed by atoms with Crippen molar-refractivity contribution in [1.82, 2.24) is 15.0 Å². The second-order valence-corrected chi connectivity index (χ2v) is 7.43. The van der Waals surface area contributed by atoms with Crippen molar-refractivity contribution in [2.75, 3.05) is 13.1 Å². The molecule has 2 heterocycles. The minimum absolute atomic E-state index is 0.592. The van der Waals surface area contributed by atoms with Crippen molar-refractivity contribution in [3.05, 3.63) is 59.0 Å². The summed E-state index contributed by atoms with van der Waals surface area (Å²) >= 11 is 1.74. The minimum Gasteiger partial charge on any atom is -0.333 e. The van der Waals surface area contributed by atoms with Gasteiger partial charge in [0.05, 0.1) is 4.88 Å². The number of allylic oxidation sites excluding steroid dienone is 1. The second kappa shape index (κ2) is 8.43. The molecule has 0 fully saturated rings. The first-order chi connectivity index (χ1) is 12.6. The predicted octanol–water partition coefficient (Wildman–Crippen LogP) is 5.34. The Kier molecular flexibility index (Phi) is 6.01. The molecule has 0 saturated heterocycles. The number of nitrogens with zero attached hydrogens (tertiary/aromatic N) is 3. The lowest BCUT2D eigenvalue weighted by molar-refractivity contribution is 0.298. The third kappa shape index (κ3) is 4.11. The van der Waals surface area contributed by atoms with Gasteiger partial charge in [0.15, 0.2) is 0 Å². The van der Waals surface area contributed by atoms with Crippen molar-refractivity contribution < 1.29 is 4.52 Å². The van der Waals surface area contributed by atoms with Crippen LogP contribution in [0.4, 0.5) is 0 Å². The molecule has 0 saturated carbocycles. The lowest BCUT2D eigenvalue weighted by Crippen LogP contribution is -2.21. The van der Waals surface area contributed by atoms with E-state index in [1.807, 2.05) is 18.2 Å². The number of aryl methyl sites for hydroxylation is 1. The Morgan fingerprint density at radius 2 is 1.92 bits per heavy atom. The summed E-state index contributed by atoms with van der Waals surface area (Å²) < 4.78 is 5.53. The summed E-state index contributed by atoms with van der Waals surface area (Å²) in [5, 5.41) is 4.16. The van der Waals surface area contributed by atoms with E-state index in [-0.39, 0.29) is 0 Å². The van der Waals surface area contributed by atoms with Crippen LogP contribution in [0.5, 0.6) is 0 Å². The lowest BCUT2D eigenvalue weighted by atomic mass is 10.1. The first-order valence-corrected chi connectivity index (χ1v) is 9.82. The van der Waals surface area contributed by atoms with Crippen LogP contribution in [0.1, 0.15) is 29.9 Å². The van der Waals surface area contributed by atoms with Crippen LogP contribution >= 0.6 is 11.3 Å². The molecule has 0 atom stereocenters. The van der Waals surface area contributed by atoms with Crippen molar-refractivity contribution in [1.29, 1.82) is 0 Å².